The van der Waals surface area contributed by atoms with Crippen molar-refractivity contribution in [3.8, 4) is 0 Å². The van der Waals surface area contributed by atoms with Crippen LogP contribution in [0.5, 0.6) is 0 Å². The molecule has 0 spiro atoms. The molecule has 1 aliphatic heterocycles. The van der Waals surface area contributed by atoms with Crippen LogP contribution in [-0.2, 0) is 19.1 Å². The third-order valence-electron chi connectivity index (χ3n) is 3.50. The van der Waals surface area contributed by atoms with Gasteiger partial charge in [0.1, 0.15) is 0 Å². The monoisotopic (exact) mass is 304 g/mol. The van der Waals surface area contributed by atoms with Crippen molar-refractivity contribution in [2.24, 2.45) is 5.73 Å². The summed E-state index contributed by atoms with van der Waals surface area (Å²) >= 11 is 0. The van der Waals surface area contributed by atoms with Gasteiger partial charge in [0.15, 0.2) is 12.2 Å². The number of nitrogens with zero attached hydrogens (tertiary/aromatic N) is 1. The average molecular weight is 304 g/mol. The van der Waals surface area contributed by atoms with Crippen LogP contribution in [0, 0.1) is 0 Å². The van der Waals surface area contributed by atoms with E-state index in [1.165, 1.54) is 0 Å². The summed E-state index contributed by atoms with van der Waals surface area (Å²) in [6.07, 6.45) is -3.93. The zero-order valence-electron chi connectivity index (χ0n) is 12.4. The molecule has 0 aliphatic carbocycles. The van der Waals surface area contributed by atoms with E-state index in [1.807, 2.05) is 0 Å². The fraction of sp³-hybridized carbons (Fsp3) is 0.846. The predicted molar refractivity (Wildman–Crippen MR) is 73.0 cm³/mol. The standard InChI is InChI=1S/C13H24N2O6/c1-3-15(4-2)7-5-6-8(14)13-20-11(18)9(16)10(17)12(19)21-13/h8-10,13,16-17H,3-7,14H2,1-2H3. The van der Waals surface area contributed by atoms with Crippen molar-refractivity contribution < 1.29 is 29.3 Å². The number of rotatable bonds is 7. The molecule has 0 aromatic carbocycles. The molecule has 1 saturated heterocycles. The van der Waals surface area contributed by atoms with Crippen LogP contribution < -0.4 is 5.73 Å². The van der Waals surface area contributed by atoms with Gasteiger partial charge in [-0.2, -0.15) is 0 Å². The lowest BCUT2D eigenvalue weighted by atomic mass is 10.1. The Morgan fingerprint density at radius 1 is 1.14 bits per heavy atom. The minimum absolute atomic E-state index is 0.480. The number of aliphatic hydroxyl groups excluding tert-OH is 2. The van der Waals surface area contributed by atoms with Crippen LogP contribution in [0.3, 0.4) is 0 Å². The number of carbonyl (C=O) groups excluding carboxylic acids is 2. The maximum atomic E-state index is 11.4. The summed E-state index contributed by atoms with van der Waals surface area (Å²) in [5.41, 5.74) is 5.87. The topological polar surface area (TPSA) is 122 Å². The zero-order chi connectivity index (χ0) is 16.0. The largest absolute Gasteiger partial charge is 0.421 e. The molecule has 1 aliphatic rings. The molecular formula is C13H24N2O6. The van der Waals surface area contributed by atoms with E-state index in [-0.39, 0.29) is 0 Å². The van der Waals surface area contributed by atoms with Crippen molar-refractivity contribution in [2.75, 3.05) is 19.6 Å². The second-order valence-corrected chi connectivity index (χ2v) is 4.96. The number of hydrogen-bond acceptors (Lipinski definition) is 8. The summed E-state index contributed by atoms with van der Waals surface area (Å²) in [5.74, 6) is -2.23. The maximum absolute atomic E-state index is 11.4. The number of carbonyl (C=O) groups is 2. The quantitative estimate of drug-likeness (QED) is 0.490. The van der Waals surface area contributed by atoms with Crippen molar-refractivity contribution in [1.29, 1.82) is 0 Å². The minimum Gasteiger partial charge on any atom is -0.421 e. The van der Waals surface area contributed by atoms with Crippen LogP contribution in [0.15, 0.2) is 0 Å². The van der Waals surface area contributed by atoms with Gasteiger partial charge in [-0.1, -0.05) is 13.8 Å². The minimum atomic E-state index is -1.94. The Morgan fingerprint density at radius 2 is 1.62 bits per heavy atom. The Labute approximate surface area is 123 Å². The Balaban J connectivity index is 2.51. The molecule has 1 rings (SSSR count). The van der Waals surface area contributed by atoms with Crippen molar-refractivity contribution in [2.45, 2.75) is 51.2 Å². The van der Waals surface area contributed by atoms with E-state index >= 15 is 0 Å². The van der Waals surface area contributed by atoms with Gasteiger partial charge in [0.05, 0.1) is 6.04 Å². The Kier molecular flexibility index (Phi) is 7.03. The van der Waals surface area contributed by atoms with Gasteiger partial charge in [0, 0.05) is 0 Å². The summed E-state index contributed by atoms with van der Waals surface area (Å²) < 4.78 is 9.61. The van der Waals surface area contributed by atoms with Crippen LogP contribution in [0.25, 0.3) is 0 Å². The molecule has 1 fully saturated rings. The number of esters is 2. The lowest BCUT2D eigenvalue weighted by molar-refractivity contribution is -0.187. The van der Waals surface area contributed by atoms with Crippen molar-refractivity contribution in [3.05, 3.63) is 0 Å². The van der Waals surface area contributed by atoms with Crippen molar-refractivity contribution in [3.63, 3.8) is 0 Å². The molecule has 0 bridgehead atoms. The van der Waals surface area contributed by atoms with Crippen LogP contribution in [0.2, 0.25) is 0 Å². The summed E-state index contributed by atoms with van der Waals surface area (Å²) in [4.78, 5) is 25.1. The molecular weight excluding hydrogens is 280 g/mol. The highest BCUT2D eigenvalue weighted by molar-refractivity contribution is 5.86. The third kappa shape index (κ3) is 4.92. The number of hydrogen-bond donors (Lipinski definition) is 3. The molecule has 0 radical (unpaired) electrons. The highest BCUT2D eigenvalue weighted by atomic mass is 16.7. The number of cyclic esters (lactones) is 2. The van der Waals surface area contributed by atoms with Gasteiger partial charge in [-0.3, -0.25) is 0 Å². The van der Waals surface area contributed by atoms with Crippen LogP contribution in [-0.4, -0.2) is 71.2 Å². The molecule has 3 unspecified atom stereocenters. The van der Waals surface area contributed by atoms with Gasteiger partial charge < -0.3 is 30.3 Å². The molecule has 0 amide bonds. The molecule has 0 aromatic heterocycles. The van der Waals surface area contributed by atoms with Gasteiger partial charge in [0.2, 0.25) is 0 Å². The second-order valence-electron chi connectivity index (χ2n) is 4.96. The molecule has 122 valence electrons. The van der Waals surface area contributed by atoms with Crippen LogP contribution >= 0.6 is 0 Å². The SMILES string of the molecule is CCN(CC)CCCC(N)C1OC(=O)C(O)C(O)C(=O)O1. The number of nitrogens with two attached hydrogens (primary N) is 1. The first-order valence-corrected chi connectivity index (χ1v) is 7.15. The Morgan fingerprint density at radius 3 is 2.05 bits per heavy atom. The molecule has 3 atom stereocenters. The average Bonchev–Trinajstić information content (AvgIpc) is 2.56. The smallest absolute Gasteiger partial charge is 0.341 e. The molecule has 0 aromatic rings. The lowest BCUT2D eigenvalue weighted by Crippen LogP contribution is -2.41. The summed E-state index contributed by atoms with van der Waals surface area (Å²) in [6, 6.07) is -0.703. The first kappa shape index (κ1) is 17.8. The summed E-state index contributed by atoms with van der Waals surface area (Å²) in [7, 11) is 0. The Hall–Kier alpha value is -1.22. The predicted octanol–water partition coefficient (Wildman–Crippen LogP) is -1.42. The van der Waals surface area contributed by atoms with Gasteiger partial charge in [-0.15, -0.1) is 0 Å². The molecule has 8 heteroatoms. The molecule has 4 N–H and O–H groups in total. The van der Waals surface area contributed by atoms with Crippen LogP contribution in [0.1, 0.15) is 26.7 Å². The number of aliphatic hydroxyl groups is 2. The summed E-state index contributed by atoms with van der Waals surface area (Å²) in [5, 5.41) is 18.7. The lowest BCUT2D eigenvalue weighted by Gasteiger charge is -2.23. The van der Waals surface area contributed by atoms with Gasteiger partial charge in [0.25, 0.3) is 6.29 Å². The number of ether oxygens (including phenoxy) is 2. The molecule has 1 heterocycles. The third-order valence-corrected chi connectivity index (χ3v) is 3.50. The van der Waals surface area contributed by atoms with Gasteiger partial charge in [-0.05, 0) is 32.5 Å². The van der Waals surface area contributed by atoms with E-state index < -0.39 is 36.5 Å². The zero-order valence-corrected chi connectivity index (χ0v) is 12.4. The summed E-state index contributed by atoms with van der Waals surface area (Å²) in [6.45, 7) is 6.80. The van der Waals surface area contributed by atoms with Gasteiger partial charge >= 0.3 is 11.9 Å². The fourth-order valence-corrected chi connectivity index (χ4v) is 2.05. The van der Waals surface area contributed by atoms with Crippen LogP contribution in [0.4, 0.5) is 0 Å². The van der Waals surface area contributed by atoms with Crippen molar-refractivity contribution >= 4 is 11.9 Å². The van der Waals surface area contributed by atoms with Crippen molar-refractivity contribution in [1.82, 2.24) is 4.90 Å². The Bertz CT molecular complexity index is 339. The van der Waals surface area contributed by atoms with E-state index in [2.05, 4.69) is 18.7 Å². The first-order valence-electron chi connectivity index (χ1n) is 7.15. The second kappa shape index (κ2) is 8.28. The van der Waals surface area contributed by atoms with E-state index in [9.17, 15) is 19.8 Å². The van der Waals surface area contributed by atoms with E-state index in [0.29, 0.717) is 6.42 Å². The normalized spacial score (nSPS) is 28.0. The molecule has 21 heavy (non-hydrogen) atoms. The highest BCUT2D eigenvalue weighted by Gasteiger charge is 2.41. The fourth-order valence-electron chi connectivity index (χ4n) is 2.05. The van der Waals surface area contributed by atoms with E-state index in [4.69, 9.17) is 15.2 Å². The highest BCUT2D eigenvalue weighted by Crippen LogP contribution is 2.15. The maximum Gasteiger partial charge on any atom is 0.341 e. The van der Waals surface area contributed by atoms with Gasteiger partial charge in [-0.25, -0.2) is 9.59 Å². The van der Waals surface area contributed by atoms with E-state index in [0.717, 1.165) is 26.1 Å². The first-order chi connectivity index (χ1) is 9.90. The molecule has 0 saturated carbocycles. The van der Waals surface area contributed by atoms with E-state index in [1.54, 1.807) is 0 Å². The molecule has 8 nitrogen and oxygen atoms in total.